The second-order valence-corrected chi connectivity index (χ2v) is 6.63. The summed E-state index contributed by atoms with van der Waals surface area (Å²) in [6.07, 6.45) is 0. The van der Waals surface area contributed by atoms with Gasteiger partial charge in [0.15, 0.2) is 0 Å². The molecule has 0 saturated carbocycles. The Bertz CT molecular complexity index is 893. The minimum absolute atomic E-state index is 0.622. The van der Waals surface area contributed by atoms with Crippen molar-refractivity contribution in [2.45, 2.75) is 6.92 Å². The van der Waals surface area contributed by atoms with Crippen LogP contribution >= 0.6 is 0 Å². The number of ether oxygens (including phenoxy) is 1. The fraction of sp³-hybridized carbons (Fsp3) is 0.273. The summed E-state index contributed by atoms with van der Waals surface area (Å²) in [5, 5.41) is 6.62. The van der Waals surface area contributed by atoms with Gasteiger partial charge in [0.1, 0.15) is 5.82 Å². The monoisotopic (exact) mass is 375 g/mol. The Morgan fingerprint density at radius 2 is 1.71 bits per heavy atom. The van der Waals surface area contributed by atoms with Gasteiger partial charge in [-0.1, -0.05) is 30.3 Å². The first-order valence-electron chi connectivity index (χ1n) is 9.70. The zero-order valence-electron chi connectivity index (χ0n) is 16.1. The number of benzene rings is 2. The molecule has 2 aromatic carbocycles. The maximum Gasteiger partial charge on any atom is 0.225 e. The van der Waals surface area contributed by atoms with Crippen LogP contribution in [0.2, 0.25) is 0 Å². The van der Waals surface area contributed by atoms with Gasteiger partial charge in [0.25, 0.3) is 0 Å². The van der Waals surface area contributed by atoms with Gasteiger partial charge >= 0.3 is 0 Å². The van der Waals surface area contributed by atoms with E-state index < -0.39 is 0 Å². The van der Waals surface area contributed by atoms with Crippen molar-refractivity contribution in [2.75, 3.05) is 48.4 Å². The molecular weight excluding hydrogens is 350 g/mol. The van der Waals surface area contributed by atoms with E-state index in [1.165, 1.54) is 5.69 Å². The van der Waals surface area contributed by atoms with Gasteiger partial charge in [0.05, 0.1) is 18.9 Å². The largest absolute Gasteiger partial charge is 0.378 e. The summed E-state index contributed by atoms with van der Waals surface area (Å²) in [6, 6.07) is 20.6. The number of nitrogens with one attached hydrogen (secondary N) is 2. The average Bonchev–Trinajstić information content (AvgIpc) is 2.76. The molecule has 0 aliphatic carbocycles. The van der Waals surface area contributed by atoms with Crippen molar-refractivity contribution in [2.24, 2.45) is 0 Å². The summed E-state index contributed by atoms with van der Waals surface area (Å²) in [6.45, 7) is 6.26. The minimum atomic E-state index is 0.622. The number of aromatic nitrogens is 2. The van der Waals surface area contributed by atoms with Gasteiger partial charge in [-0.2, -0.15) is 4.98 Å². The molecule has 0 atom stereocenters. The van der Waals surface area contributed by atoms with Gasteiger partial charge in [0.2, 0.25) is 5.95 Å². The van der Waals surface area contributed by atoms with Crippen molar-refractivity contribution >= 4 is 23.1 Å². The molecule has 2 heterocycles. The summed E-state index contributed by atoms with van der Waals surface area (Å²) in [7, 11) is 0. The van der Waals surface area contributed by atoms with Crippen molar-refractivity contribution in [1.29, 1.82) is 0 Å². The van der Waals surface area contributed by atoms with Crippen LogP contribution in [0.4, 0.5) is 23.1 Å². The van der Waals surface area contributed by atoms with Gasteiger partial charge < -0.3 is 20.3 Å². The number of morpholine rings is 1. The third-order valence-corrected chi connectivity index (χ3v) is 4.65. The van der Waals surface area contributed by atoms with Crippen molar-refractivity contribution in [3.8, 4) is 11.3 Å². The summed E-state index contributed by atoms with van der Waals surface area (Å²) in [5.41, 5.74) is 4.17. The Morgan fingerprint density at radius 1 is 0.964 bits per heavy atom. The molecule has 0 unspecified atom stereocenters. The van der Waals surface area contributed by atoms with Gasteiger partial charge in [-0.25, -0.2) is 4.98 Å². The molecule has 0 spiro atoms. The second-order valence-electron chi connectivity index (χ2n) is 6.63. The highest BCUT2D eigenvalue weighted by atomic mass is 16.5. The Morgan fingerprint density at radius 3 is 2.43 bits per heavy atom. The molecule has 3 aromatic rings. The van der Waals surface area contributed by atoms with E-state index >= 15 is 0 Å². The van der Waals surface area contributed by atoms with Crippen LogP contribution in [0.1, 0.15) is 6.92 Å². The van der Waals surface area contributed by atoms with Gasteiger partial charge in [-0.15, -0.1) is 0 Å². The molecule has 1 aliphatic rings. The lowest BCUT2D eigenvalue weighted by Crippen LogP contribution is -2.36. The maximum atomic E-state index is 5.43. The van der Waals surface area contributed by atoms with E-state index in [0.29, 0.717) is 5.95 Å². The average molecular weight is 375 g/mol. The molecule has 2 N–H and O–H groups in total. The number of rotatable bonds is 6. The summed E-state index contributed by atoms with van der Waals surface area (Å²) in [5.74, 6) is 1.39. The first-order chi connectivity index (χ1) is 13.8. The standard InChI is InChI=1S/C22H25N5O/c1-2-23-22-25-20(17-6-4-3-5-7-17)16-21(26-22)24-18-8-10-19(11-9-18)27-12-14-28-15-13-27/h3-11,16H,2,12-15H2,1H3,(H2,23,24,25,26). The number of nitrogens with zero attached hydrogens (tertiary/aromatic N) is 3. The Kier molecular flexibility index (Phi) is 5.68. The van der Waals surface area contributed by atoms with E-state index in [4.69, 9.17) is 4.74 Å². The molecule has 0 amide bonds. The zero-order chi connectivity index (χ0) is 19.2. The van der Waals surface area contributed by atoms with E-state index in [1.54, 1.807) is 0 Å². The zero-order valence-corrected chi connectivity index (χ0v) is 16.1. The minimum Gasteiger partial charge on any atom is -0.378 e. The van der Waals surface area contributed by atoms with E-state index in [0.717, 1.165) is 55.6 Å². The number of hydrogen-bond donors (Lipinski definition) is 2. The third kappa shape index (κ3) is 4.40. The molecule has 144 valence electrons. The Balaban J connectivity index is 1.55. The molecule has 6 nitrogen and oxygen atoms in total. The van der Waals surface area contributed by atoms with Crippen LogP contribution in [-0.4, -0.2) is 42.8 Å². The molecule has 1 saturated heterocycles. The van der Waals surface area contributed by atoms with Crippen LogP contribution < -0.4 is 15.5 Å². The molecule has 4 rings (SSSR count). The normalized spacial score (nSPS) is 14.0. The quantitative estimate of drug-likeness (QED) is 0.675. The van der Waals surface area contributed by atoms with Crippen molar-refractivity contribution in [3.63, 3.8) is 0 Å². The predicted octanol–water partition coefficient (Wildman–Crippen LogP) is 4.16. The lowest BCUT2D eigenvalue weighted by atomic mass is 10.1. The second kappa shape index (κ2) is 8.71. The number of hydrogen-bond acceptors (Lipinski definition) is 6. The highest BCUT2D eigenvalue weighted by molar-refractivity contribution is 5.68. The molecule has 0 bridgehead atoms. The van der Waals surface area contributed by atoms with Crippen LogP contribution in [0.5, 0.6) is 0 Å². The van der Waals surface area contributed by atoms with Crippen molar-refractivity contribution in [1.82, 2.24) is 9.97 Å². The number of anilines is 4. The van der Waals surface area contributed by atoms with E-state index in [9.17, 15) is 0 Å². The highest BCUT2D eigenvalue weighted by Crippen LogP contribution is 2.25. The van der Waals surface area contributed by atoms with Gasteiger partial charge in [0, 0.05) is 42.6 Å². The highest BCUT2D eigenvalue weighted by Gasteiger charge is 2.11. The molecule has 1 fully saturated rings. The fourth-order valence-corrected chi connectivity index (χ4v) is 3.23. The first-order valence-corrected chi connectivity index (χ1v) is 9.70. The smallest absolute Gasteiger partial charge is 0.225 e. The molecule has 28 heavy (non-hydrogen) atoms. The van der Waals surface area contributed by atoms with Crippen LogP contribution in [-0.2, 0) is 4.74 Å². The van der Waals surface area contributed by atoms with Crippen molar-refractivity contribution < 1.29 is 4.74 Å². The third-order valence-electron chi connectivity index (χ3n) is 4.65. The molecule has 0 radical (unpaired) electrons. The Labute approximate surface area is 165 Å². The summed E-state index contributed by atoms with van der Waals surface area (Å²) < 4.78 is 5.43. The lowest BCUT2D eigenvalue weighted by molar-refractivity contribution is 0.122. The van der Waals surface area contributed by atoms with Crippen LogP contribution in [0.3, 0.4) is 0 Å². The molecular formula is C22H25N5O. The van der Waals surface area contributed by atoms with E-state index in [-0.39, 0.29) is 0 Å². The lowest BCUT2D eigenvalue weighted by Gasteiger charge is -2.28. The van der Waals surface area contributed by atoms with E-state index in [2.05, 4.69) is 61.9 Å². The SMILES string of the molecule is CCNc1nc(Nc2ccc(N3CCOCC3)cc2)cc(-c2ccccc2)n1. The van der Waals surface area contributed by atoms with Gasteiger partial charge in [-0.05, 0) is 31.2 Å². The van der Waals surface area contributed by atoms with Crippen LogP contribution in [0.25, 0.3) is 11.3 Å². The van der Waals surface area contributed by atoms with Crippen LogP contribution in [0, 0.1) is 0 Å². The summed E-state index contributed by atoms with van der Waals surface area (Å²) >= 11 is 0. The predicted molar refractivity (Wildman–Crippen MR) is 114 cm³/mol. The van der Waals surface area contributed by atoms with Crippen LogP contribution in [0.15, 0.2) is 60.7 Å². The molecule has 1 aromatic heterocycles. The van der Waals surface area contributed by atoms with Crippen molar-refractivity contribution in [3.05, 3.63) is 60.7 Å². The first kappa shape index (κ1) is 18.3. The Hall–Kier alpha value is -3.12. The van der Waals surface area contributed by atoms with E-state index in [1.807, 2.05) is 31.2 Å². The summed E-state index contributed by atoms with van der Waals surface area (Å²) in [4.78, 5) is 11.6. The topological polar surface area (TPSA) is 62.3 Å². The fourth-order valence-electron chi connectivity index (χ4n) is 3.23. The van der Waals surface area contributed by atoms with Gasteiger partial charge in [-0.3, -0.25) is 0 Å². The maximum absolute atomic E-state index is 5.43. The molecule has 6 heteroatoms. The molecule has 1 aliphatic heterocycles.